The van der Waals surface area contributed by atoms with Crippen LogP contribution in [0, 0.1) is 0 Å². The molecule has 1 atom stereocenters. The number of hydrogen-bond acceptors (Lipinski definition) is 3. The van der Waals surface area contributed by atoms with Crippen LogP contribution >= 0.6 is 11.3 Å². The van der Waals surface area contributed by atoms with E-state index in [-0.39, 0.29) is 0 Å². The summed E-state index contributed by atoms with van der Waals surface area (Å²) < 4.78 is 0. The SMILES string of the molecule is CCN(CC)CCN[C@H](C)c1cccs1. The molecule has 1 aromatic rings. The molecule has 0 saturated heterocycles. The molecule has 0 aliphatic heterocycles. The van der Waals surface area contributed by atoms with Gasteiger partial charge in [0.15, 0.2) is 0 Å². The molecule has 3 heteroatoms. The van der Waals surface area contributed by atoms with Crippen molar-refractivity contribution in [3.05, 3.63) is 22.4 Å². The van der Waals surface area contributed by atoms with Crippen LogP contribution in [0.25, 0.3) is 0 Å². The second-order valence-electron chi connectivity index (χ2n) is 3.72. The average molecular weight is 226 g/mol. The van der Waals surface area contributed by atoms with Crippen molar-refractivity contribution < 1.29 is 0 Å². The molecule has 1 rings (SSSR count). The molecule has 0 aliphatic carbocycles. The van der Waals surface area contributed by atoms with Gasteiger partial charge in [-0.1, -0.05) is 19.9 Å². The first-order valence-corrected chi connectivity index (χ1v) is 6.65. The maximum absolute atomic E-state index is 3.55. The molecule has 15 heavy (non-hydrogen) atoms. The van der Waals surface area contributed by atoms with E-state index in [2.05, 4.69) is 48.5 Å². The fourth-order valence-corrected chi connectivity index (χ4v) is 2.38. The van der Waals surface area contributed by atoms with Gasteiger partial charge in [-0.2, -0.15) is 0 Å². The Kier molecular flexibility index (Phi) is 5.91. The van der Waals surface area contributed by atoms with Gasteiger partial charge in [0, 0.05) is 24.0 Å². The van der Waals surface area contributed by atoms with Crippen molar-refractivity contribution >= 4 is 11.3 Å². The first-order chi connectivity index (χ1) is 7.27. The van der Waals surface area contributed by atoms with E-state index in [4.69, 9.17) is 0 Å². The Morgan fingerprint density at radius 3 is 2.67 bits per heavy atom. The quantitative estimate of drug-likeness (QED) is 0.769. The minimum atomic E-state index is 0.487. The highest BCUT2D eigenvalue weighted by Gasteiger charge is 2.05. The Balaban J connectivity index is 2.20. The van der Waals surface area contributed by atoms with Crippen molar-refractivity contribution in [1.29, 1.82) is 0 Å². The molecule has 0 fully saturated rings. The van der Waals surface area contributed by atoms with Crippen LogP contribution in [0.3, 0.4) is 0 Å². The molecule has 86 valence electrons. The van der Waals surface area contributed by atoms with Gasteiger partial charge >= 0.3 is 0 Å². The third-order valence-electron chi connectivity index (χ3n) is 2.74. The molecule has 2 nitrogen and oxygen atoms in total. The molecule has 0 saturated carbocycles. The Bertz CT molecular complexity index is 242. The Morgan fingerprint density at radius 2 is 2.13 bits per heavy atom. The second kappa shape index (κ2) is 6.99. The van der Waals surface area contributed by atoms with E-state index in [0.29, 0.717) is 6.04 Å². The van der Waals surface area contributed by atoms with Crippen molar-refractivity contribution in [2.24, 2.45) is 0 Å². The zero-order valence-electron chi connectivity index (χ0n) is 9.99. The van der Waals surface area contributed by atoms with E-state index < -0.39 is 0 Å². The lowest BCUT2D eigenvalue weighted by Crippen LogP contribution is -2.32. The fraction of sp³-hybridized carbons (Fsp3) is 0.667. The summed E-state index contributed by atoms with van der Waals surface area (Å²) in [5.74, 6) is 0. The molecular weight excluding hydrogens is 204 g/mol. The summed E-state index contributed by atoms with van der Waals surface area (Å²) in [5.41, 5.74) is 0. The van der Waals surface area contributed by atoms with Crippen LogP contribution in [0.4, 0.5) is 0 Å². The molecule has 0 amide bonds. The average Bonchev–Trinajstić information content (AvgIpc) is 2.77. The molecule has 1 N–H and O–H groups in total. The second-order valence-corrected chi connectivity index (χ2v) is 4.70. The van der Waals surface area contributed by atoms with Gasteiger partial charge in [0.25, 0.3) is 0 Å². The van der Waals surface area contributed by atoms with Gasteiger partial charge in [-0.15, -0.1) is 11.3 Å². The predicted molar refractivity (Wildman–Crippen MR) is 68.5 cm³/mol. The highest BCUT2D eigenvalue weighted by molar-refractivity contribution is 7.10. The van der Waals surface area contributed by atoms with Gasteiger partial charge < -0.3 is 10.2 Å². The lowest BCUT2D eigenvalue weighted by atomic mass is 10.3. The summed E-state index contributed by atoms with van der Waals surface area (Å²) in [5, 5.41) is 5.69. The summed E-state index contributed by atoms with van der Waals surface area (Å²) in [4.78, 5) is 3.86. The first-order valence-electron chi connectivity index (χ1n) is 5.77. The van der Waals surface area contributed by atoms with Crippen molar-refractivity contribution in [2.45, 2.75) is 26.8 Å². The molecule has 0 spiro atoms. The number of thiophene rings is 1. The molecule has 0 unspecified atom stereocenters. The van der Waals surface area contributed by atoms with Crippen LogP contribution in [0.15, 0.2) is 17.5 Å². The Labute approximate surface area is 97.3 Å². The number of nitrogens with zero attached hydrogens (tertiary/aromatic N) is 1. The lowest BCUT2D eigenvalue weighted by molar-refractivity contribution is 0.298. The van der Waals surface area contributed by atoms with Crippen LogP contribution in [0.5, 0.6) is 0 Å². The third kappa shape index (κ3) is 4.33. The highest BCUT2D eigenvalue weighted by Crippen LogP contribution is 2.17. The minimum Gasteiger partial charge on any atom is -0.308 e. The summed E-state index contributed by atoms with van der Waals surface area (Å²) in [6.45, 7) is 11.2. The summed E-state index contributed by atoms with van der Waals surface area (Å²) in [6, 6.07) is 4.79. The molecule has 0 aromatic carbocycles. The predicted octanol–water partition coefficient (Wildman–Crippen LogP) is 2.74. The monoisotopic (exact) mass is 226 g/mol. The van der Waals surface area contributed by atoms with Gasteiger partial charge in [-0.05, 0) is 31.5 Å². The minimum absolute atomic E-state index is 0.487. The van der Waals surface area contributed by atoms with Gasteiger partial charge in [0.05, 0.1) is 0 Å². The Morgan fingerprint density at radius 1 is 1.40 bits per heavy atom. The van der Waals surface area contributed by atoms with Gasteiger partial charge in [0.1, 0.15) is 0 Å². The summed E-state index contributed by atoms with van der Waals surface area (Å²) in [6.07, 6.45) is 0. The van der Waals surface area contributed by atoms with E-state index >= 15 is 0 Å². The molecule has 0 radical (unpaired) electrons. The van der Waals surface area contributed by atoms with Crippen molar-refractivity contribution in [2.75, 3.05) is 26.2 Å². The van der Waals surface area contributed by atoms with Crippen LogP contribution in [0.2, 0.25) is 0 Å². The largest absolute Gasteiger partial charge is 0.308 e. The molecule has 0 bridgehead atoms. The topological polar surface area (TPSA) is 15.3 Å². The van der Waals surface area contributed by atoms with E-state index in [0.717, 1.165) is 26.2 Å². The van der Waals surface area contributed by atoms with Crippen molar-refractivity contribution in [3.8, 4) is 0 Å². The third-order valence-corrected chi connectivity index (χ3v) is 3.80. The van der Waals surface area contributed by atoms with E-state index in [1.807, 2.05) is 11.3 Å². The van der Waals surface area contributed by atoms with Gasteiger partial charge in [-0.25, -0.2) is 0 Å². The van der Waals surface area contributed by atoms with Crippen LogP contribution < -0.4 is 5.32 Å². The van der Waals surface area contributed by atoms with E-state index in [1.165, 1.54) is 4.88 Å². The first kappa shape index (κ1) is 12.7. The van der Waals surface area contributed by atoms with Crippen LogP contribution in [0.1, 0.15) is 31.7 Å². The normalized spacial score (nSPS) is 13.3. The highest BCUT2D eigenvalue weighted by atomic mass is 32.1. The molecule has 1 heterocycles. The van der Waals surface area contributed by atoms with E-state index in [9.17, 15) is 0 Å². The summed E-state index contributed by atoms with van der Waals surface area (Å²) >= 11 is 1.83. The summed E-state index contributed by atoms with van der Waals surface area (Å²) in [7, 11) is 0. The standard InChI is InChI=1S/C12H22N2S/c1-4-14(5-2)9-8-13-11(3)12-7-6-10-15-12/h6-7,10-11,13H,4-5,8-9H2,1-3H3/t11-/m1/s1. The number of likely N-dealkylation sites (N-methyl/N-ethyl adjacent to an activating group) is 1. The maximum atomic E-state index is 3.55. The molecule has 0 aliphatic rings. The molecule has 1 aromatic heterocycles. The maximum Gasteiger partial charge on any atom is 0.0386 e. The van der Waals surface area contributed by atoms with Gasteiger partial charge in [0.2, 0.25) is 0 Å². The number of nitrogens with one attached hydrogen (secondary N) is 1. The van der Waals surface area contributed by atoms with Gasteiger partial charge in [-0.3, -0.25) is 0 Å². The van der Waals surface area contributed by atoms with Crippen LogP contribution in [-0.2, 0) is 0 Å². The Hall–Kier alpha value is -0.380. The van der Waals surface area contributed by atoms with E-state index in [1.54, 1.807) is 0 Å². The molecular formula is C12H22N2S. The zero-order chi connectivity index (χ0) is 11.1. The number of hydrogen-bond donors (Lipinski definition) is 1. The number of rotatable bonds is 7. The van der Waals surface area contributed by atoms with Crippen molar-refractivity contribution in [1.82, 2.24) is 10.2 Å². The lowest BCUT2D eigenvalue weighted by Gasteiger charge is -2.19. The van der Waals surface area contributed by atoms with Crippen LogP contribution in [-0.4, -0.2) is 31.1 Å². The fourth-order valence-electron chi connectivity index (χ4n) is 1.62. The zero-order valence-corrected chi connectivity index (χ0v) is 10.8. The smallest absolute Gasteiger partial charge is 0.0386 e. The van der Waals surface area contributed by atoms with Crippen molar-refractivity contribution in [3.63, 3.8) is 0 Å².